The van der Waals surface area contributed by atoms with E-state index in [1.807, 2.05) is 12.2 Å². The van der Waals surface area contributed by atoms with Crippen molar-refractivity contribution >= 4 is 5.97 Å². The largest absolute Gasteiger partial charge is 0.460 e. The monoisotopic (exact) mass is 167 g/mol. The molecule has 1 unspecified atom stereocenters. The first kappa shape index (κ1) is 9.00. The van der Waals surface area contributed by atoms with E-state index in [0.717, 1.165) is 6.42 Å². The SMILES string of the molecule is CC(N)COC(=O)C1=CCC=C1. The van der Waals surface area contributed by atoms with E-state index in [0.29, 0.717) is 5.57 Å². The Balaban J connectivity index is 2.33. The zero-order valence-corrected chi connectivity index (χ0v) is 7.12. The molecule has 3 nitrogen and oxygen atoms in total. The number of carbonyl (C=O) groups excluding carboxylic acids is 1. The first-order chi connectivity index (χ1) is 5.70. The molecule has 66 valence electrons. The van der Waals surface area contributed by atoms with Crippen LogP contribution in [0, 0.1) is 0 Å². The van der Waals surface area contributed by atoms with Crippen LogP contribution in [0.4, 0.5) is 0 Å². The van der Waals surface area contributed by atoms with Gasteiger partial charge < -0.3 is 10.5 Å². The molecule has 0 heterocycles. The fourth-order valence-electron chi connectivity index (χ4n) is 0.900. The Bertz CT molecular complexity index is 229. The van der Waals surface area contributed by atoms with Crippen molar-refractivity contribution in [1.82, 2.24) is 0 Å². The van der Waals surface area contributed by atoms with Crippen LogP contribution in [0.5, 0.6) is 0 Å². The second-order valence-electron chi connectivity index (χ2n) is 2.87. The molecule has 0 aromatic heterocycles. The Morgan fingerprint density at radius 1 is 1.83 bits per heavy atom. The maximum atomic E-state index is 11.2. The molecule has 1 aliphatic rings. The van der Waals surface area contributed by atoms with Crippen LogP contribution in [0.25, 0.3) is 0 Å². The molecule has 0 spiro atoms. The summed E-state index contributed by atoms with van der Waals surface area (Å²) < 4.78 is 4.90. The van der Waals surface area contributed by atoms with E-state index in [2.05, 4.69) is 0 Å². The summed E-state index contributed by atoms with van der Waals surface area (Å²) in [4.78, 5) is 11.2. The van der Waals surface area contributed by atoms with Crippen LogP contribution in [0.2, 0.25) is 0 Å². The summed E-state index contributed by atoms with van der Waals surface area (Å²) >= 11 is 0. The lowest BCUT2D eigenvalue weighted by atomic mass is 10.3. The van der Waals surface area contributed by atoms with Crippen molar-refractivity contribution in [3.63, 3.8) is 0 Å². The van der Waals surface area contributed by atoms with Crippen LogP contribution in [0.3, 0.4) is 0 Å². The summed E-state index contributed by atoms with van der Waals surface area (Å²) in [6, 6.07) is -0.0973. The van der Waals surface area contributed by atoms with E-state index in [1.54, 1.807) is 13.0 Å². The van der Waals surface area contributed by atoms with E-state index < -0.39 is 0 Å². The van der Waals surface area contributed by atoms with Gasteiger partial charge in [0.1, 0.15) is 6.61 Å². The highest BCUT2D eigenvalue weighted by Gasteiger charge is 2.10. The fourth-order valence-corrected chi connectivity index (χ4v) is 0.900. The molecule has 1 rings (SSSR count). The number of hydrogen-bond donors (Lipinski definition) is 1. The van der Waals surface area contributed by atoms with Crippen LogP contribution in [-0.2, 0) is 9.53 Å². The lowest BCUT2D eigenvalue weighted by Gasteiger charge is -2.06. The first-order valence-electron chi connectivity index (χ1n) is 3.99. The quantitative estimate of drug-likeness (QED) is 0.631. The second-order valence-corrected chi connectivity index (χ2v) is 2.87. The average molecular weight is 167 g/mol. The van der Waals surface area contributed by atoms with Crippen molar-refractivity contribution in [2.75, 3.05) is 6.61 Å². The third kappa shape index (κ3) is 2.51. The van der Waals surface area contributed by atoms with E-state index in [1.165, 1.54) is 0 Å². The molecular formula is C9H13NO2. The van der Waals surface area contributed by atoms with Crippen LogP contribution in [0.1, 0.15) is 13.3 Å². The minimum atomic E-state index is -0.277. The predicted octanol–water partition coefficient (Wildman–Crippen LogP) is 0.763. The van der Waals surface area contributed by atoms with E-state index in [4.69, 9.17) is 10.5 Å². The highest BCUT2D eigenvalue weighted by molar-refractivity contribution is 5.92. The summed E-state index contributed by atoms with van der Waals surface area (Å²) in [6.07, 6.45) is 6.35. The van der Waals surface area contributed by atoms with Gasteiger partial charge in [0.05, 0.1) is 5.57 Å². The van der Waals surface area contributed by atoms with Crippen LogP contribution >= 0.6 is 0 Å². The van der Waals surface area contributed by atoms with E-state index in [9.17, 15) is 4.79 Å². The Kier molecular flexibility index (Phi) is 3.05. The topological polar surface area (TPSA) is 52.3 Å². The van der Waals surface area contributed by atoms with Crippen molar-refractivity contribution in [1.29, 1.82) is 0 Å². The summed E-state index contributed by atoms with van der Waals surface area (Å²) in [5, 5.41) is 0. The highest BCUT2D eigenvalue weighted by atomic mass is 16.5. The number of esters is 1. The lowest BCUT2D eigenvalue weighted by Crippen LogP contribution is -2.24. The molecule has 0 radical (unpaired) electrons. The number of nitrogens with two attached hydrogens (primary N) is 1. The molecule has 1 atom stereocenters. The Morgan fingerprint density at radius 2 is 2.58 bits per heavy atom. The van der Waals surface area contributed by atoms with E-state index in [-0.39, 0.29) is 18.6 Å². The van der Waals surface area contributed by atoms with Gasteiger partial charge in [-0.15, -0.1) is 0 Å². The van der Waals surface area contributed by atoms with Crippen LogP contribution < -0.4 is 5.73 Å². The van der Waals surface area contributed by atoms with Crippen molar-refractivity contribution in [3.8, 4) is 0 Å². The second kappa shape index (κ2) is 4.07. The van der Waals surface area contributed by atoms with Crippen molar-refractivity contribution in [2.24, 2.45) is 5.73 Å². The summed E-state index contributed by atoms with van der Waals surface area (Å²) in [7, 11) is 0. The number of hydrogen-bond acceptors (Lipinski definition) is 3. The maximum Gasteiger partial charge on any atom is 0.337 e. The molecule has 12 heavy (non-hydrogen) atoms. The van der Waals surface area contributed by atoms with Gasteiger partial charge >= 0.3 is 5.97 Å². The number of allylic oxidation sites excluding steroid dienone is 2. The zero-order valence-electron chi connectivity index (χ0n) is 7.12. The van der Waals surface area contributed by atoms with Crippen molar-refractivity contribution in [3.05, 3.63) is 23.8 Å². The molecule has 0 fully saturated rings. The molecule has 0 aromatic carbocycles. The standard InChI is InChI=1S/C9H13NO2/c1-7(10)6-12-9(11)8-4-2-3-5-8/h2,4-5,7H,3,6,10H2,1H3. The molecule has 1 aliphatic carbocycles. The van der Waals surface area contributed by atoms with Crippen LogP contribution in [0.15, 0.2) is 23.8 Å². The lowest BCUT2D eigenvalue weighted by molar-refractivity contribution is -0.139. The summed E-state index contributed by atoms with van der Waals surface area (Å²) in [5.74, 6) is -0.277. The van der Waals surface area contributed by atoms with Gasteiger partial charge in [-0.1, -0.05) is 18.2 Å². The fraction of sp³-hybridized carbons (Fsp3) is 0.444. The zero-order chi connectivity index (χ0) is 8.97. The third-order valence-electron chi connectivity index (χ3n) is 1.48. The number of carbonyl (C=O) groups is 1. The van der Waals surface area contributed by atoms with Gasteiger partial charge in [-0.2, -0.15) is 0 Å². The predicted molar refractivity (Wildman–Crippen MR) is 46.4 cm³/mol. The van der Waals surface area contributed by atoms with Gasteiger partial charge in [0.25, 0.3) is 0 Å². The van der Waals surface area contributed by atoms with Gasteiger partial charge in [0, 0.05) is 6.04 Å². The molecule has 0 aliphatic heterocycles. The Labute approximate surface area is 71.9 Å². The molecule has 0 bridgehead atoms. The van der Waals surface area contributed by atoms with Crippen molar-refractivity contribution in [2.45, 2.75) is 19.4 Å². The molecular weight excluding hydrogens is 154 g/mol. The van der Waals surface area contributed by atoms with Gasteiger partial charge in [-0.05, 0) is 13.3 Å². The third-order valence-corrected chi connectivity index (χ3v) is 1.48. The summed E-state index contributed by atoms with van der Waals surface area (Å²) in [5.41, 5.74) is 6.06. The Morgan fingerprint density at radius 3 is 3.08 bits per heavy atom. The van der Waals surface area contributed by atoms with Gasteiger partial charge in [0.2, 0.25) is 0 Å². The molecule has 2 N–H and O–H groups in total. The molecule has 3 heteroatoms. The number of rotatable bonds is 3. The highest BCUT2D eigenvalue weighted by Crippen LogP contribution is 2.09. The average Bonchev–Trinajstić information content (AvgIpc) is 2.51. The maximum absolute atomic E-state index is 11.2. The normalized spacial score (nSPS) is 17.3. The number of ether oxygens (including phenoxy) is 1. The smallest absolute Gasteiger partial charge is 0.337 e. The molecule has 0 amide bonds. The molecule has 0 saturated heterocycles. The summed E-state index contributed by atoms with van der Waals surface area (Å²) in [6.45, 7) is 2.08. The van der Waals surface area contributed by atoms with Gasteiger partial charge in [-0.3, -0.25) is 0 Å². The van der Waals surface area contributed by atoms with Gasteiger partial charge in [0.15, 0.2) is 0 Å². The van der Waals surface area contributed by atoms with Crippen molar-refractivity contribution < 1.29 is 9.53 Å². The van der Waals surface area contributed by atoms with Gasteiger partial charge in [-0.25, -0.2) is 4.79 Å². The van der Waals surface area contributed by atoms with E-state index >= 15 is 0 Å². The molecule has 0 aromatic rings. The minimum Gasteiger partial charge on any atom is -0.460 e. The Hall–Kier alpha value is -1.09. The van der Waals surface area contributed by atoms with Crippen LogP contribution in [-0.4, -0.2) is 18.6 Å². The first-order valence-corrected chi connectivity index (χ1v) is 3.99. The minimum absolute atomic E-state index is 0.0973. The molecule has 0 saturated carbocycles.